The molecular weight excluding hydrogens is 460 g/mol. The molecule has 3 heterocycles. The zero-order chi connectivity index (χ0) is 26.0. The third kappa shape index (κ3) is 5.96. The maximum atomic E-state index is 12.1. The largest absolute Gasteiger partial charge is 0.443 e. The number of carbonyl (C=O) groups is 2. The molecule has 1 atom stereocenters. The normalized spacial score (nSPS) is 18.7. The van der Waals surface area contributed by atoms with Gasteiger partial charge in [0.25, 0.3) is 0 Å². The number of hydrogen-bond acceptors (Lipinski definition) is 7. The molecule has 2 aromatic rings. The van der Waals surface area contributed by atoms with Crippen LogP contribution in [0.4, 0.5) is 10.5 Å². The molecule has 2 amide bonds. The standard InChI is InChI=1S/C25H36N8O3/c1-14(2)17-11-27-22-19(18(12-28-22)21(26)30-31-23(34)15-8-9-15)20(17)33-10-6-7-16(13-33)29-32-24(35)36-25(3,4)5/h11-12,15-16,29H,1,6-10,13H2,2-5H3,(H2,26,30)(H,27,28)(H,31,34)(H,32,35)/t16-/m1/s1. The number of nitrogens with two attached hydrogens (primary N) is 1. The number of hydrazone groups is 1. The molecule has 2 aromatic heterocycles. The number of allylic oxidation sites excluding steroid dienone is 1. The number of pyridine rings is 1. The van der Waals surface area contributed by atoms with Crippen LogP contribution >= 0.6 is 0 Å². The van der Waals surface area contributed by atoms with E-state index in [-0.39, 0.29) is 23.7 Å². The van der Waals surface area contributed by atoms with Gasteiger partial charge in [-0.1, -0.05) is 6.58 Å². The molecule has 11 heteroatoms. The number of amidine groups is 1. The minimum absolute atomic E-state index is 0.00121. The van der Waals surface area contributed by atoms with Crippen molar-refractivity contribution >= 4 is 40.1 Å². The van der Waals surface area contributed by atoms with Crippen LogP contribution in [0.2, 0.25) is 0 Å². The maximum Gasteiger partial charge on any atom is 0.422 e. The highest BCUT2D eigenvalue weighted by atomic mass is 16.6. The van der Waals surface area contributed by atoms with Crippen molar-refractivity contribution in [3.8, 4) is 0 Å². The Morgan fingerprint density at radius 2 is 2.03 bits per heavy atom. The maximum absolute atomic E-state index is 12.1. The van der Waals surface area contributed by atoms with E-state index in [0.717, 1.165) is 54.4 Å². The summed E-state index contributed by atoms with van der Waals surface area (Å²) in [6, 6.07) is -0.00121. The second-order valence-electron chi connectivity index (χ2n) is 10.5. The first-order valence-corrected chi connectivity index (χ1v) is 12.3. The number of piperidine rings is 1. The Labute approximate surface area is 210 Å². The lowest BCUT2D eigenvalue weighted by molar-refractivity contribution is -0.122. The van der Waals surface area contributed by atoms with Gasteiger partial charge in [-0.3, -0.25) is 10.2 Å². The number of rotatable bonds is 7. The van der Waals surface area contributed by atoms with Crippen LogP contribution in [-0.2, 0) is 9.53 Å². The number of aromatic nitrogens is 2. The Balaban J connectivity index is 1.60. The average Bonchev–Trinajstić information content (AvgIpc) is 3.58. The number of aromatic amines is 1. The number of nitrogens with one attached hydrogen (secondary N) is 4. The number of nitrogens with zero attached hydrogens (tertiary/aromatic N) is 3. The van der Waals surface area contributed by atoms with Gasteiger partial charge < -0.3 is 20.4 Å². The van der Waals surface area contributed by atoms with Crippen molar-refractivity contribution in [2.45, 2.75) is 65.0 Å². The number of amides is 2. The highest BCUT2D eigenvalue weighted by molar-refractivity contribution is 6.13. The van der Waals surface area contributed by atoms with Gasteiger partial charge in [0.05, 0.1) is 11.1 Å². The molecule has 1 aliphatic heterocycles. The first kappa shape index (κ1) is 25.5. The number of anilines is 1. The predicted octanol–water partition coefficient (Wildman–Crippen LogP) is 2.74. The van der Waals surface area contributed by atoms with Crippen LogP contribution in [0.5, 0.6) is 0 Å². The van der Waals surface area contributed by atoms with Crippen molar-refractivity contribution in [3.63, 3.8) is 0 Å². The van der Waals surface area contributed by atoms with Crippen molar-refractivity contribution in [1.82, 2.24) is 26.2 Å². The molecule has 1 aliphatic carbocycles. The Bertz CT molecular complexity index is 1190. The Morgan fingerprint density at radius 1 is 1.28 bits per heavy atom. The minimum Gasteiger partial charge on any atom is -0.443 e. The Kier molecular flexibility index (Phi) is 7.21. The van der Waals surface area contributed by atoms with Crippen molar-refractivity contribution in [2.75, 3.05) is 18.0 Å². The van der Waals surface area contributed by atoms with Crippen LogP contribution in [-0.4, -0.2) is 52.5 Å². The van der Waals surface area contributed by atoms with E-state index in [4.69, 9.17) is 10.5 Å². The van der Waals surface area contributed by atoms with Crippen LogP contribution in [0.15, 0.2) is 24.1 Å². The van der Waals surface area contributed by atoms with Gasteiger partial charge in [0, 0.05) is 48.6 Å². The molecule has 194 valence electrons. The third-order valence-electron chi connectivity index (χ3n) is 6.16. The summed E-state index contributed by atoms with van der Waals surface area (Å²) in [7, 11) is 0. The van der Waals surface area contributed by atoms with Gasteiger partial charge in [-0.15, -0.1) is 0 Å². The lowest BCUT2D eigenvalue weighted by atomic mass is 9.99. The summed E-state index contributed by atoms with van der Waals surface area (Å²) in [4.78, 5) is 34.2. The first-order chi connectivity index (χ1) is 17.0. The highest BCUT2D eigenvalue weighted by Gasteiger charge is 2.30. The molecule has 0 unspecified atom stereocenters. The summed E-state index contributed by atoms with van der Waals surface area (Å²) < 4.78 is 5.33. The molecule has 2 fully saturated rings. The van der Waals surface area contributed by atoms with Crippen molar-refractivity contribution < 1.29 is 14.3 Å². The number of hydrazine groups is 1. The fraction of sp³-hybridized carbons (Fsp3) is 0.520. The van der Waals surface area contributed by atoms with Crippen molar-refractivity contribution in [3.05, 3.63) is 30.1 Å². The Hall–Kier alpha value is -3.60. The number of fused-ring (bicyclic) bond motifs is 1. The van der Waals surface area contributed by atoms with E-state index in [1.54, 1.807) is 12.4 Å². The topological polar surface area (TPSA) is 150 Å². The molecule has 0 radical (unpaired) electrons. The van der Waals surface area contributed by atoms with E-state index in [2.05, 4.69) is 42.8 Å². The monoisotopic (exact) mass is 496 g/mol. The molecule has 1 saturated heterocycles. The second-order valence-corrected chi connectivity index (χ2v) is 10.5. The smallest absolute Gasteiger partial charge is 0.422 e. The van der Waals surface area contributed by atoms with Gasteiger partial charge in [-0.25, -0.2) is 20.6 Å². The third-order valence-corrected chi connectivity index (χ3v) is 6.16. The first-order valence-electron chi connectivity index (χ1n) is 12.3. The van der Waals surface area contributed by atoms with E-state index in [0.29, 0.717) is 17.8 Å². The minimum atomic E-state index is -0.576. The average molecular weight is 497 g/mol. The molecule has 11 nitrogen and oxygen atoms in total. The number of ether oxygens (including phenoxy) is 1. The lowest BCUT2D eigenvalue weighted by Gasteiger charge is -2.36. The molecule has 0 aromatic carbocycles. The molecule has 1 saturated carbocycles. The Morgan fingerprint density at radius 3 is 2.69 bits per heavy atom. The molecular formula is C25H36N8O3. The van der Waals surface area contributed by atoms with Gasteiger partial charge in [-0.2, -0.15) is 5.10 Å². The molecule has 0 spiro atoms. The fourth-order valence-corrected chi connectivity index (χ4v) is 4.30. The zero-order valence-corrected chi connectivity index (χ0v) is 21.4. The number of hydrogen-bond donors (Lipinski definition) is 5. The quantitative estimate of drug-likeness (QED) is 0.225. The summed E-state index contributed by atoms with van der Waals surface area (Å²) >= 11 is 0. The SMILES string of the molecule is C=C(C)c1cnc2[nH]cc(C(N)=NNC(=O)C3CC3)c2c1N1CCC[C@@H](NNC(=O)OC(C)(C)C)C1. The number of carbonyl (C=O) groups excluding carboxylic acids is 2. The second kappa shape index (κ2) is 10.2. The van der Waals surface area contributed by atoms with Crippen molar-refractivity contribution in [2.24, 2.45) is 16.8 Å². The summed E-state index contributed by atoms with van der Waals surface area (Å²) in [5.74, 6) is 0.125. The van der Waals surface area contributed by atoms with Crippen LogP contribution in [0.25, 0.3) is 16.6 Å². The zero-order valence-electron chi connectivity index (χ0n) is 21.4. The summed E-state index contributed by atoms with van der Waals surface area (Å²) in [5.41, 5.74) is 18.2. The summed E-state index contributed by atoms with van der Waals surface area (Å²) in [6.45, 7) is 13.0. The van der Waals surface area contributed by atoms with E-state index in [9.17, 15) is 9.59 Å². The van der Waals surface area contributed by atoms with Gasteiger partial charge in [-0.05, 0) is 59.0 Å². The summed E-state index contributed by atoms with van der Waals surface area (Å²) in [6.07, 6.45) is 6.62. The molecule has 0 bridgehead atoms. The van der Waals surface area contributed by atoms with Crippen LogP contribution in [0, 0.1) is 5.92 Å². The molecule has 36 heavy (non-hydrogen) atoms. The van der Waals surface area contributed by atoms with Gasteiger partial charge in [0.15, 0.2) is 5.84 Å². The molecule has 6 N–H and O–H groups in total. The van der Waals surface area contributed by atoms with E-state index in [1.165, 1.54) is 0 Å². The lowest BCUT2D eigenvalue weighted by Crippen LogP contribution is -2.53. The summed E-state index contributed by atoms with van der Waals surface area (Å²) in [5, 5.41) is 4.98. The van der Waals surface area contributed by atoms with Gasteiger partial charge >= 0.3 is 6.09 Å². The highest BCUT2D eigenvalue weighted by Crippen LogP contribution is 2.36. The fourth-order valence-electron chi connectivity index (χ4n) is 4.30. The van der Waals surface area contributed by atoms with Crippen molar-refractivity contribution in [1.29, 1.82) is 0 Å². The van der Waals surface area contributed by atoms with Gasteiger partial charge in [0.2, 0.25) is 5.91 Å². The van der Waals surface area contributed by atoms with Crippen LogP contribution in [0.3, 0.4) is 0 Å². The molecule has 2 aliphatic rings. The van der Waals surface area contributed by atoms with E-state index in [1.807, 2.05) is 27.7 Å². The predicted molar refractivity (Wildman–Crippen MR) is 140 cm³/mol. The van der Waals surface area contributed by atoms with Crippen LogP contribution in [0.1, 0.15) is 64.5 Å². The van der Waals surface area contributed by atoms with Crippen LogP contribution < -0.4 is 26.9 Å². The molecule has 4 rings (SSSR count). The van der Waals surface area contributed by atoms with Gasteiger partial charge in [0.1, 0.15) is 11.2 Å². The van der Waals surface area contributed by atoms with E-state index < -0.39 is 11.7 Å². The number of H-pyrrole nitrogens is 1. The van der Waals surface area contributed by atoms with E-state index >= 15 is 0 Å².